The van der Waals surface area contributed by atoms with Gasteiger partial charge in [-0.1, -0.05) is 58.8 Å². The highest BCUT2D eigenvalue weighted by Gasteiger charge is 2.08. The molecule has 2 heteroatoms. The molecule has 0 heterocycles. The zero-order chi connectivity index (χ0) is 10.8. The summed E-state index contributed by atoms with van der Waals surface area (Å²) in [6.07, 6.45) is 10.0. The molecule has 0 aromatic carbocycles. The van der Waals surface area contributed by atoms with Gasteiger partial charge in [-0.3, -0.25) is 4.79 Å². The Morgan fingerprint density at radius 1 is 1.07 bits per heavy atom. The second-order valence-electron chi connectivity index (χ2n) is 4.12. The summed E-state index contributed by atoms with van der Waals surface area (Å²) in [6, 6.07) is 0. The number of halogens is 1. The Hall–Kier alpha value is -0.0400. The van der Waals surface area contributed by atoms with Crippen molar-refractivity contribution in [2.24, 2.45) is 5.92 Å². The lowest BCUT2D eigenvalue weighted by Gasteiger charge is -2.05. The van der Waals surface area contributed by atoms with E-state index in [0.717, 1.165) is 12.8 Å². The van der Waals surface area contributed by atoms with Gasteiger partial charge in [-0.25, -0.2) is 0 Å². The van der Waals surface area contributed by atoms with E-state index in [1.807, 2.05) is 6.92 Å². The number of carbonyl (C=O) groups excluding carboxylic acids is 1. The standard InChI is InChI=1S/C12H23ClO/c1-3-4-5-6-7-8-9-10-11(2)12(13)14/h11H,3-10H2,1-2H3. The number of hydrogen-bond donors (Lipinski definition) is 0. The van der Waals surface area contributed by atoms with Crippen molar-refractivity contribution in [1.82, 2.24) is 0 Å². The minimum Gasteiger partial charge on any atom is -0.281 e. The molecule has 0 spiro atoms. The molecule has 0 bridgehead atoms. The van der Waals surface area contributed by atoms with Crippen molar-refractivity contribution in [1.29, 1.82) is 0 Å². The van der Waals surface area contributed by atoms with Crippen molar-refractivity contribution in [2.45, 2.75) is 65.2 Å². The molecule has 0 aliphatic heterocycles. The van der Waals surface area contributed by atoms with Gasteiger partial charge < -0.3 is 0 Å². The van der Waals surface area contributed by atoms with Gasteiger partial charge in [-0.05, 0) is 18.0 Å². The molecule has 0 aromatic rings. The fraction of sp³-hybridized carbons (Fsp3) is 0.917. The third-order valence-corrected chi connectivity index (χ3v) is 3.00. The van der Waals surface area contributed by atoms with E-state index < -0.39 is 0 Å². The van der Waals surface area contributed by atoms with E-state index in [4.69, 9.17) is 11.6 Å². The van der Waals surface area contributed by atoms with Crippen molar-refractivity contribution < 1.29 is 4.79 Å². The molecule has 0 N–H and O–H groups in total. The quantitative estimate of drug-likeness (QED) is 0.411. The summed E-state index contributed by atoms with van der Waals surface area (Å²) in [6.45, 7) is 4.14. The fourth-order valence-corrected chi connectivity index (χ4v) is 1.63. The summed E-state index contributed by atoms with van der Waals surface area (Å²) < 4.78 is 0. The molecule has 0 saturated heterocycles. The molecule has 0 aliphatic carbocycles. The summed E-state index contributed by atoms with van der Waals surface area (Å²) in [4.78, 5) is 10.7. The summed E-state index contributed by atoms with van der Waals surface area (Å²) >= 11 is 5.37. The van der Waals surface area contributed by atoms with Crippen LogP contribution in [-0.2, 0) is 4.79 Å². The van der Waals surface area contributed by atoms with E-state index in [0.29, 0.717) is 0 Å². The predicted molar refractivity (Wildman–Crippen MR) is 62.6 cm³/mol. The highest BCUT2D eigenvalue weighted by molar-refractivity contribution is 6.63. The molecule has 0 saturated carbocycles. The topological polar surface area (TPSA) is 17.1 Å². The molecule has 0 aromatic heterocycles. The first-order valence-corrected chi connectivity index (χ1v) is 6.25. The molecular weight excluding hydrogens is 196 g/mol. The monoisotopic (exact) mass is 218 g/mol. The average Bonchev–Trinajstić information content (AvgIpc) is 2.16. The average molecular weight is 219 g/mol. The molecule has 0 aliphatic rings. The second-order valence-corrected chi connectivity index (χ2v) is 4.49. The Labute approximate surface area is 93.2 Å². The third-order valence-electron chi connectivity index (χ3n) is 2.63. The summed E-state index contributed by atoms with van der Waals surface area (Å²) in [7, 11) is 0. The van der Waals surface area contributed by atoms with Gasteiger partial charge in [0.05, 0.1) is 0 Å². The Morgan fingerprint density at radius 3 is 2.07 bits per heavy atom. The van der Waals surface area contributed by atoms with Gasteiger partial charge in [0.25, 0.3) is 0 Å². The molecule has 1 nitrogen and oxygen atoms in total. The Bertz CT molecular complexity index is 145. The third kappa shape index (κ3) is 8.55. The lowest BCUT2D eigenvalue weighted by molar-refractivity contribution is -0.114. The zero-order valence-electron chi connectivity index (χ0n) is 9.52. The van der Waals surface area contributed by atoms with Crippen LogP contribution in [0.15, 0.2) is 0 Å². The fourth-order valence-electron chi connectivity index (χ4n) is 1.52. The zero-order valence-corrected chi connectivity index (χ0v) is 10.3. The molecule has 0 amide bonds. The first kappa shape index (κ1) is 14.0. The van der Waals surface area contributed by atoms with Gasteiger partial charge in [0.2, 0.25) is 5.24 Å². The Morgan fingerprint density at radius 2 is 1.57 bits per heavy atom. The molecule has 84 valence electrons. The molecule has 1 atom stereocenters. The lowest BCUT2D eigenvalue weighted by atomic mass is 10.0. The second kappa shape index (κ2) is 9.51. The number of rotatable bonds is 9. The maximum atomic E-state index is 10.7. The molecule has 1 unspecified atom stereocenters. The van der Waals surface area contributed by atoms with E-state index in [2.05, 4.69) is 6.92 Å². The van der Waals surface area contributed by atoms with Crippen LogP contribution < -0.4 is 0 Å². The highest BCUT2D eigenvalue weighted by atomic mass is 35.5. The van der Waals surface area contributed by atoms with Crippen LogP contribution in [0.1, 0.15) is 65.2 Å². The van der Waals surface area contributed by atoms with Crippen LogP contribution in [-0.4, -0.2) is 5.24 Å². The lowest BCUT2D eigenvalue weighted by Crippen LogP contribution is -2.02. The van der Waals surface area contributed by atoms with Crippen molar-refractivity contribution in [3.63, 3.8) is 0 Å². The minimum absolute atomic E-state index is 0.0484. The maximum Gasteiger partial charge on any atom is 0.224 e. The Kier molecular flexibility index (Phi) is 9.49. The van der Waals surface area contributed by atoms with Crippen molar-refractivity contribution >= 4 is 16.8 Å². The maximum absolute atomic E-state index is 10.7. The van der Waals surface area contributed by atoms with Crippen LogP contribution >= 0.6 is 11.6 Å². The molecule has 14 heavy (non-hydrogen) atoms. The van der Waals surface area contributed by atoms with E-state index in [1.165, 1.54) is 38.5 Å². The van der Waals surface area contributed by atoms with Crippen LogP contribution in [0.5, 0.6) is 0 Å². The number of carbonyl (C=O) groups is 1. The summed E-state index contributed by atoms with van der Waals surface area (Å²) in [5.74, 6) is 0.0484. The van der Waals surface area contributed by atoms with Crippen LogP contribution in [0, 0.1) is 5.92 Å². The van der Waals surface area contributed by atoms with Gasteiger partial charge in [0, 0.05) is 5.92 Å². The van der Waals surface area contributed by atoms with E-state index >= 15 is 0 Å². The van der Waals surface area contributed by atoms with Gasteiger partial charge in [-0.15, -0.1) is 0 Å². The molecule has 0 rings (SSSR count). The largest absolute Gasteiger partial charge is 0.281 e. The Balaban J connectivity index is 3.09. The van der Waals surface area contributed by atoms with Gasteiger partial charge in [0.1, 0.15) is 0 Å². The van der Waals surface area contributed by atoms with Crippen molar-refractivity contribution in [3.05, 3.63) is 0 Å². The van der Waals surface area contributed by atoms with Crippen LogP contribution in [0.3, 0.4) is 0 Å². The van der Waals surface area contributed by atoms with Crippen molar-refractivity contribution in [2.75, 3.05) is 0 Å². The van der Waals surface area contributed by atoms with Gasteiger partial charge in [-0.2, -0.15) is 0 Å². The van der Waals surface area contributed by atoms with E-state index in [-0.39, 0.29) is 11.2 Å². The van der Waals surface area contributed by atoms with E-state index in [9.17, 15) is 4.79 Å². The normalized spacial score (nSPS) is 12.8. The number of unbranched alkanes of at least 4 members (excludes halogenated alkanes) is 6. The van der Waals surface area contributed by atoms with E-state index in [1.54, 1.807) is 0 Å². The predicted octanol–water partition coefficient (Wildman–Crippen LogP) is 4.53. The SMILES string of the molecule is CCCCCCCCCC(C)C(=O)Cl. The molecule has 0 fully saturated rings. The summed E-state index contributed by atoms with van der Waals surface area (Å²) in [5, 5.41) is -0.184. The molecular formula is C12H23ClO. The van der Waals surface area contributed by atoms with Gasteiger partial charge >= 0.3 is 0 Å². The summed E-state index contributed by atoms with van der Waals surface area (Å²) in [5.41, 5.74) is 0. The minimum atomic E-state index is -0.184. The first-order valence-electron chi connectivity index (χ1n) is 5.87. The smallest absolute Gasteiger partial charge is 0.224 e. The number of hydrogen-bond acceptors (Lipinski definition) is 1. The first-order chi connectivity index (χ1) is 6.68. The van der Waals surface area contributed by atoms with Crippen LogP contribution in [0.25, 0.3) is 0 Å². The van der Waals surface area contributed by atoms with Crippen molar-refractivity contribution in [3.8, 4) is 0 Å². The van der Waals surface area contributed by atoms with Crippen LogP contribution in [0.2, 0.25) is 0 Å². The van der Waals surface area contributed by atoms with Crippen LogP contribution in [0.4, 0.5) is 0 Å². The highest BCUT2D eigenvalue weighted by Crippen LogP contribution is 2.14. The van der Waals surface area contributed by atoms with Gasteiger partial charge in [0.15, 0.2) is 0 Å². The molecule has 0 radical (unpaired) electrons.